The Morgan fingerprint density at radius 2 is 2.18 bits per heavy atom. The third-order valence-electron chi connectivity index (χ3n) is 3.38. The number of aromatic nitrogens is 1. The summed E-state index contributed by atoms with van der Waals surface area (Å²) in [7, 11) is 3.67. The van der Waals surface area contributed by atoms with Crippen LogP contribution in [0.3, 0.4) is 0 Å². The lowest BCUT2D eigenvalue weighted by molar-refractivity contribution is 0.0545. The zero-order valence-electron chi connectivity index (χ0n) is 10.5. The van der Waals surface area contributed by atoms with Gasteiger partial charge < -0.3 is 14.8 Å². The van der Waals surface area contributed by atoms with E-state index in [0.717, 1.165) is 31.8 Å². The van der Waals surface area contributed by atoms with Crippen LogP contribution in [0, 0.1) is 5.92 Å². The highest BCUT2D eigenvalue weighted by atomic mass is 16.5. The van der Waals surface area contributed by atoms with Crippen LogP contribution in [0.1, 0.15) is 24.4 Å². The van der Waals surface area contributed by atoms with Crippen LogP contribution in [0.2, 0.25) is 0 Å². The van der Waals surface area contributed by atoms with E-state index in [9.17, 15) is 0 Å². The summed E-state index contributed by atoms with van der Waals surface area (Å²) in [6.45, 7) is 1.72. The summed E-state index contributed by atoms with van der Waals surface area (Å²) in [6, 6.07) is 2.39. The van der Waals surface area contributed by atoms with Crippen molar-refractivity contribution >= 4 is 0 Å². The van der Waals surface area contributed by atoms with Gasteiger partial charge in [0.1, 0.15) is 5.75 Å². The van der Waals surface area contributed by atoms with Gasteiger partial charge in [0.25, 0.3) is 0 Å². The lowest BCUT2D eigenvalue weighted by Gasteiger charge is -2.30. The summed E-state index contributed by atoms with van der Waals surface area (Å²) in [5.74, 6) is 1.43. The quantitative estimate of drug-likeness (QED) is 0.865. The zero-order chi connectivity index (χ0) is 12.1. The molecule has 1 aromatic rings. The molecule has 4 heteroatoms. The molecule has 0 aliphatic carbocycles. The third kappa shape index (κ3) is 2.96. The topological polar surface area (TPSA) is 43.4 Å². The molecule has 0 bridgehead atoms. The molecule has 1 aromatic heterocycles. The Labute approximate surface area is 102 Å². The number of nitrogens with one attached hydrogen (secondary N) is 1. The van der Waals surface area contributed by atoms with Crippen LogP contribution >= 0.6 is 0 Å². The number of methoxy groups -OCH3 is 1. The molecule has 1 atom stereocenters. The largest absolute Gasteiger partial charge is 0.495 e. The van der Waals surface area contributed by atoms with Gasteiger partial charge in [-0.25, -0.2) is 0 Å². The Bertz CT molecular complexity index is 351. The smallest absolute Gasteiger partial charge is 0.137 e. The average Bonchev–Trinajstić information content (AvgIpc) is 2.41. The first-order valence-electron chi connectivity index (χ1n) is 6.09. The number of hydrogen-bond acceptors (Lipinski definition) is 4. The molecule has 1 N–H and O–H groups in total. The minimum atomic E-state index is 0.335. The first kappa shape index (κ1) is 12.3. The van der Waals surface area contributed by atoms with E-state index >= 15 is 0 Å². The molecule has 0 amide bonds. The Kier molecular flexibility index (Phi) is 4.34. The summed E-state index contributed by atoms with van der Waals surface area (Å²) in [5, 5.41) is 3.39. The number of hydrogen-bond donors (Lipinski definition) is 1. The number of rotatable bonds is 4. The molecule has 0 radical (unpaired) electrons. The maximum Gasteiger partial charge on any atom is 0.137 e. The van der Waals surface area contributed by atoms with Crippen LogP contribution in [0.25, 0.3) is 0 Å². The van der Waals surface area contributed by atoms with Crippen molar-refractivity contribution in [2.45, 2.75) is 18.9 Å². The summed E-state index contributed by atoms with van der Waals surface area (Å²) in [5.41, 5.74) is 1.19. The molecule has 0 aromatic carbocycles. The Balaban J connectivity index is 2.15. The van der Waals surface area contributed by atoms with Crippen LogP contribution < -0.4 is 10.1 Å². The van der Waals surface area contributed by atoms with Gasteiger partial charge in [-0.05, 0) is 37.4 Å². The zero-order valence-corrected chi connectivity index (χ0v) is 10.5. The fourth-order valence-electron chi connectivity index (χ4n) is 2.44. The molecule has 4 nitrogen and oxygen atoms in total. The fourth-order valence-corrected chi connectivity index (χ4v) is 2.44. The minimum absolute atomic E-state index is 0.335. The number of pyridine rings is 1. The Morgan fingerprint density at radius 1 is 1.41 bits per heavy atom. The van der Waals surface area contributed by atoms with Crippen molar-refractivity contribution in [3.63, 3.8) is 0 Å². The molecule has 1 fully saturated rings. The standard InChI is InChI=1S/C13H20N2O2/c1-14-13(10-3-5-17-6-4-10)11-7-12(16-2)9-15-8-11/h7-10,13-14H,3-6H2,1-2H3. The van der Waals surface area contributed by atoms with E-state index in [2.05, 4.69) is 16.4 Å². The molecular weight excluding hydrogens is 216 g/mol. The maximum atomic E-state index is 5.41. The summed E-state index contributed by atoms with van der Waals surface area (Å²) < 4.78 is 10.6. The molecule has 2 heterocycles. The molecule has 1 saturated heterocycles. The van der Waals surface area contributed by atoms with Crippen LogP contribution in [-0.2, 0) is 4.74 Å². The first-order valence-corrected chi connectivity index (χ1v) is 6.09. The van der Waals surface area contributed by atoms with Gasteiger partial charge in [-0.1, -0.05) is 0 Å². The minimum Gasteiger partial charge on any atom is -0.495 e. The first-order chi connectivity index (χ1) is 8.35. The van der Waals surface area contributed by atoms with E-state index in [0.29, 0.717) is 12.0 Å². The SMILES string of the molecule is CNC(c1cncc(OC)c1)C1CCOCC1. The lowest BCUT2D eigenvalue weighted by atomic mass is 9.88. The van der Waals surface area contributed by atoms with E-state index in [1.54, 1.807) is 13.3 Å². The molecule has 1 aliphatic heterocycles. The summed E-state index contributed by atoms with van der Waals surface area (Å²) >= 11 is 0. The molecule has 1 unspecified atom stereocenters. The predicted molar refractivity (Wildman–Crippen MR) is 66.1 cm³/mol. The molecule has 0 saturated carbocycles. The van der Waals surface area contributed by atoms with Crippen molar-refractivity contribution in [3.8, 4) is 5.75 Å². The van der Waals surface area contributed by atoms with Gasteiger partial charge in [-0.3, -0.25) is 4.98 Å². The summed E-state index contributed by atoms with van der Waals surface area (Å²) in [6.07, 6.45) is 5.85. The van der Waals surface area contributed by atoms with Gasteiger partial charge in [0, 0.05) is 25.5 Å². The maximum absolute atomic E-state index is 5.41. The fraction of sp³-hybridized carbons (Fsp3) is 0.615. The van der Waals surface area contributed by atoms with E-state index < -0.39 is 0 Å². The van der Waals surface area contributed by atoms with Crippen molar-refractivity contribution in [2.24, 2.45) is 5.92 Å². The highest BCUT2D eigenvalue weighted by Crippen LogP contribution is 2.30. The van der Waals surface area contributed by atoms with Crippen molar-refractivity contribution < 1.29 is 9.47 Å². The molecular formula is C13H20N2O2. The average molecular weight is 236 g/mol. The second-order valence-electron chi connectivity index (χ2n) is 4.37. The second-order valence-corrected chi connectivity index (χ2v) is 4.37. The Hall–Kier alpha value is -1.13. The van der Waals surface area contributed by atoms with Crippen LogP contribution in [0.15, 0.2) is 18.5 Å². The van der Waals surface area contributed by atoms with Crippen LogP contribution in [-0.4, -0.2) is 32.4 Å². The monoisotopic (exact) mass is 236 g/mol. The normalized spacial score (nSPS) is 18.9. The van der Waals surface area contributed by atoms with Gasteiger partial charge in [0.2, 0.25) is 0 Å². The van der Waals surface area contributed by atoms with E-state index in [-0.39, 0.29) is 0 Å². The van der Waals surface area contributed by atoms with Gasteiger partial charge in [-0.15, -0.1) is 0 Å². The molecule has 17 heavy (non-hydrogen) atoms. The number of ether oxygens (including phenoxy) is 2. The van der Waals surface area contributed by atoms with E-state index in [1.165, 1.54) is 5.56 Å². The number of nitrogens with zero attached hydrogens (tertiary/aromatic N) is 1. The van der Waals surface area contributed by atoms with Gasteiger partial charge in [-0.2, -0.15) is 0 Å². The van der Waals surface area contributed by atoms with E-state index in [4.69, 9.17) is 9.47 Å². The van der Waals surface area contributed by atoms with Crippen molar-refractivity contribution in [1.29, 1.82) is 0 Å². The van der Waals surface area contributed by atoms with Gasteiger partial charge in [0.05, 0.1) is 13.3 Å². The van der Waals surface area contributed by atoms with Crippen molar-refractivity contribution in [1.82, 2.24) is 10.3 Å². The lowest BCUT2D eigenvalue weighted by Crippen LogP contribution is -2.30. The molecule has 1 aliphatic rings. The highest BCUT2D eigenvalue weighted by molar-refractivity contribution is 5.26. The molecule has 2 rings (SSSR count). The van der Waals surface area contributed by atoms with Gasteiger partial charge in [0.15, 0.2) is 0 Å². The summed E-state index contributed by atoms with van der Waals surface area (Å²) in [4.78, 5) is 4.22. The van der Waals surface area contributed by atoms with Gasteiger partial charge >= 0.3 is 0 Å². The Morgan fingerprint density at radius 3 is 2.82 bits per heavy atom. The third-order valence-corrected chi connectivity index (χ3v) is 3.38. The van der Waals surface area contributed by atoms with Crippen molar-refractivity contribution in [3.05, 3.63) is 24.0 Å². The van der Waals surface area contributed by atoms with Crippen LogP contribution in [0.4, 0.5) is 0 Å². The second kappa shape index (κ2) is 5.98. The molecule has 0 spiro atoms. The highest BCUT2D eigenvalue weighted by Gasteiger charge is 2.24. The van der Waals surface area contributed by atoms with E-state index in [1.807, 2.05) is 13.2 Å². The molecule has 94 valence electrons. The van der Waals surface area contributed by atoms with Crippen molar-refractivity contribution in [2.75, 3.05) is 27.4 Å². The predicted octanol–water partition coefficient (Wildman–Crippen LogP) is 1.78. The van der Waals surface area contributed by atoms with Crippen LogP contribution in [0.5, 0.6) is 5.75 Å².